The van der Waals surface area contributed by atoms with Crippen molar-refractivity contribution < 1.29 is 48.6 Å². The van der Waals surface area contributed by atoms with Gasteiger partial charge < -0.3 is 36.8 Å². The minimum Gasteiger partial charge on any atom is -0.480 e. The summed E-state index contributed by atoms with van der Waals surface area (Å²) in [5.74, 6) is -4.67. The molecule has 1 saturated heterocycles. The number of aromatic nitrogens is 1. The second kappa shape index (κ2) is 21.4. The molecule has 1 aromatic heterocycles. The van der Waals surface area contributed by atoms with Crippen LogP contribution in [0.4, 0.5) is 10.5 Å². The van der Waals surface area contributed by atoms with Crippen LogP contribution in [0.1, 0.15) is 81.4 Å². The number of carboxylic acids is 2. The van der Waals surface area contributed by atoms with Crippen molar-refractivity contribution in [2.75, 3.05) is 30.7 Å². The number of anilines is 1. The number of carbonyl (C=O) groups excluding carboxylic acids is 6. The van der Waals surface area contributed by atoms with E-state index >= 15 is 0 Å². The van der Waals surface area contributed by atoms with E-state index in [0.717, 1.165) is 39.1 Å². The molecular formula is C40H51N9O10S. The Labute approximate surface area is 350 Å². The highest BCUT2D eigenvalue weighted by atomic mass is 32.2. The topological polar surface area (TPSA) is 274 Å². The molecule has 1 aromatic carbocycles. The van der Waals surface area contributed by atoms with E-state index in [9.17, 15) is 43.5 Å². The summed E-state index contributed by atoms with van der Waals surface area (Å²) in [7, 11) is 0. The molecule has 0 spiro atoms. The number of fused-ring (bicyclic) bond motifs is 1. The van der Waals surface area contributed by atoms with Gasteiger partial charge in [0.2, 0.25) is 29.5 Å². The number of imide groups is 1. The summed E-state index contributed by atoms with van der Waals surface area (Å²) >= 11 is 1.04. The number of nitrogens with zero attached hydrogens (tertiary/aromatic N) is 5. The summed E-state index contributed by atoms with van der Waals surface area (Å²) < 4.78 is 0. The van der Waals surface area contributed by atoms with E-state index in [0.29, 0.717) is 57.4 Å². The number of benzene rings is 1. The molecule has 5 rings (SSSR count). The van der Waals surface area contributed by atoms with Crippen molar-refractivity contribution in [2.24, 2.45) is 16.8 Å². The van der Waals surface area contributed by atoms with E-state index in [1.807, 2.05) is 25.1 Å². The fourth-order valence-corrected chi connectivity index (χ4v) is 8.05. The third-order valence-corrected chi connectivity index (χ3v) is 11.7. The molecule has 1 fully saturated rings. The van der Waals surface area contributed by atoms with E-state index in [4.69, 9.17) is 10.8 Å². The van der Waals surface area contributed by atoms with Crippen LogP contribution in [-0.2, 0) is 46.7 Å². The lowest BCUT2D eigenvalue weighted by atomic mass is 9.93. The summed E-state index contributed by atoms with van der Waals surface area (Å²) in [6, 6.07) is 6.43. The third kappa shape index (κ3) is 12.6. The number of likely N-dealkylation sites (tertiary alicyclic amines) is 1. The molecule has 7 N–H and O–H groups in total. The van der Waals surface area contributed by atoms with Gasteiger partial charge in [0.1, 0.15) is 12.1 Å². The highest BCUT2D eigenvalue weighted by Gasteiger charge is 2.39. The summed E-state index contributed by atoms with van der Waals surface area (Å²) in [6.07, 6.45) is 5.48. The summed E-state index contributed by atoms with van der Waals surface area (Å²) in [6.45, 7) is 3.62. The minimum atomic E-state index is -1.44. The lowest BCUT2D eigenvalue weighted by Crippen LogP contribution is -2.44. The molecule has 2 aromatic rings. The molecule has 20 heteroatoms. The second-order valence-corrected chi connectivity index (χ2v) is 16.2. The maximum absolute atomic E-state index is 12.9. The van der Waals surface area contributed by atoms with Gasteiger partial charge in [-0.15, -0.1) is 11.8 Å². The molecule has 0 radical (unpaired) electrons. The zero-order chi connectivity index (χ0) is 43.3. The summed E-state index contributed by atoms with van der Waals surface area (Å²) in [5.41, 5.74) is 9.78. The third-order valence-electron chi connectivity index (χ3n) is 10.3. The van der Waals surface area contributed by atoms with E-state index < -0.39 is 53.4 Å². The summed E-state index contributed by atoms with van der Waals surface area (Å²) in [4.78, 5) is 105. The number of hydrogen-bond acceptors (Lipinski definition) is 12. The number of carbonyl (C=O) groups is 8. The minimum absolute atomic E-state index is 0.00177. The number of hydrazone groups is 1. The molecule has 19 nitrogen and oxygen atoms in total. The SMILES string of the molecule is CC1CC(=O)N(CCCCNC(=O)C[C@H](NC(=O)CCCCCN2C(=O)CC(SC[C@H](N)C(=O)O)C2=O)C(=O)O)N=C1c1ccc(NC(=O)N2Cc3ccncc3C2)cc1. The Morgan fingerprint density at radius 3 is 2.33 bits per heavy atom. The molecule has 4 atom stereocenters. The quantitative estimate of drug-likeness (QED) is 0.0775. The Balaban J connectivity index is 0.967. The van der Waals surface area contributed by atoms with Crippen molar-refractivity contribution in [3.63, 3.8) is 0 Å². The summed E-state index contributed by atoms with van der Waals surface area (Å²) in [5, 5.41) is 31.9. The maximum Gasteiger partial charge on any atom is 0.326 e. The maximum atomic E-state index is 12.9. The monoisotopic (exact) mass is 849 g/mol. The number of rotatable bonds is 21. The van der Waals surface area contributed by atoms with Crippen molar-refractivity contribution in [3.05, 3.63) is 59.4 Å². The predicted molar refractivity (Wildman–Crippen MR) is 219 cm³/mol. The molecule has 3 aliphatic rings. The largest absolute Gasteiger partial charge is 0.480 e. The number of urea groups is 1. The number of amides is 7. The Morgan fingerprint density at radius 1 is 0.883 bits per heavy atom. The molecule has 60 heavy (non-hydrogen) atoms. The van der Waals surface area contributed by atoms with Crippen LogP contribution in [0.3, 0.4) is 0 Å². The van der Waals surface area contributed by atoms with Crippen LogP contribution < -0.4 is 21.7 Å². The van der Waals surface area contributed by atoms with Gasteiger partial charge in [-0.3, -0.25) is 38.7 Å². The molecule has 7 amide bonds. The first-order valence-corrected chi connectivity index (χ1v) is 20.9. The zero-order valence-electron chi connectivity index (χ0n) is 33.3. The van der Waals surface area contributed by atoms with Crippen molar-refractivity contribution in [3.8, 4) is 0 Å². The molecule has 3 aliphatic heterocycles. The Kier molecular flexibility index (Phi) is 16.1. The Hall–Kier alpha value is -5.89. The average Bonchev–Trinajstić information content (AvgIpc) is 3.77. The van der Waals surface area contributed by atoms with Gasteiger partial charge in [0, 0.05) is 81.7 Å². The average molecular weight is 850 g/mol. The lowest BCUT2D eigenvalue weighted by Gasteiger charge is -2.28. The number of pyridine rings is 1. The molecular weight excluding hydrogens is 799 g/mol. The first-order valence-electron chi connectivity index (χ1n) is 19.9. The zero-order valence-corrected chi connectivity index (χ0v) is 34.2. The number of aliphatic carboxylic acids is 2. The van der Waals surface area contributed by atoms with Crippen LogP contribution in [-0.4, -0.2) is 126 Å². The van der Waals surface area contributed by atoms with Crippen molar-refractivity contribution in [1.82, 2.24) is 30.4 Å². The molecule has 0 aliphatic carbocycles. The highest BCUT2D eigenvalue weighted by Crippen LogP contribution is 2.27. The molecule has 0 bridgehead atoms. The van der Waals surface area contributed by atoms with Crippen molar-refractivity contribution in [2.45, 2.75) is 95.1 Å². The first-order chi connectivity index (χ1) is 28.7. The number of nitrogens with two attached hydrogens (primary N) is 1. The van der Waals surface area contributed by atoms with Gasteiger partial charge in [-0.05, 0) is 60.6 Å². The van der Waals surface area contributed by atoms with Gasteiger partial charge in [-0.2, -0.15) is 5.10 Å². The van der Waals surface area contributed by atoms with Gasteiger partial charge >= 0.3 is 18.0 Å². The van der Waals surface area contributed by atoms with E-state index in [2.05, 4.69) is 26.0 Å². The molecule has 322 valence electrons. The van der Waals surface area contributed by atoms with Gasteiger partial charge in [-0.1, -0.05) is 25.5 Å². The first kappa shape index (κ1) is 45.2. The number of thioether (sulfide) groups is 1. The van der Waals surface area contributed by atoms with Crippen LogP contribution in [0.15, 0.2) is 47.8 Å². The normalized spacial score (nSPS) is 18.5. The van der Waals surface area contributed by atoms with Crippen molar-refractivity contribution >= 4 is 70.7 Å². The van der Waals surface area contributed by atoms with Crippen LogP contribution in [0.5, 0.6) is 0 Å². The van der Waals surface area contributed by atoms with E-state index in [-0.39, 0.29) is 61.9 Å². The van der Waals surface area contributed by atoms with E-state index in [1.54, 1.807) is 29.4 Å². The predicted octanol–water partition coefficient (Wildman–Crippen LogP) is 1.89. The fourth-order valence-electron chi connectivity index (χ4n) is 6.94. The number of hydrogen-bond donors (Lipinski definition) is 6. The van der Waals surface area contributed by atoms with Crippen LogP contribution >= 0.6 is 11.8 Å². The van der Waals surface area contributed by atoms with Crippen LogP contribution in [0.2, 0.25) is 0 Å². The van der Waals surface area contributed by atoms with Crippen LogP contribution in [0, 0.1) is 5.92 Å². The molecule has 4 heterocycles. The van der Waals surface area contributed by atoms with Gasteiger partial charge in [0.25, 0.3) is 0 Å². The van der Waals surface area contributed by atoms with Gasteiger partial charge in [0.05, 0.1) is 17.4 Å². The Bertz CT molecular complexity index is 1950. The highest BCUT2D eigenvalue weighted by molar-refractivity contribution is 8.00. The molecule has 2 unspecified atom stereocenters. The second-order valence-electron chi connectivity index (χ2n) is 15.0. The van der Waals surface area contributed by atoms with Gasteiger partial charge in [0.15, 0.2) is 0 Å². The number of nitrogens with one attached hydrogen (secondary N) is 3. The Morgan fingerprint density at radius 2 is 1.62 bits per heavy atom. The lowest BCUT2D eigenvalue weighted by molar-refractivity contribution is -0.143. The van der Waals surface area contributed by atoms with E-state index in [1.165, 1.54) is 5.01 Å². The number of carboxylic acid groups (broad SMARTS) is 2. The van der Waals surface area contributed by atoms with Gasteiger partial charge in [-0.25, -0.2) is 14.6 Å². The standard InChI is InChI=1S/C40H51N9O10S/c1-24-17-35(53)49(46-36(24)25-8-10-28(11-9-25)44-40(59)47-21-26-12-14-42-20-27(26)22-47)16-6-4-13-43-33(51)18-30(39(57)58)45-32(50)7-3-2-5-15-48-34(52)19-31(37(48)54)60-23-29(41)38(55)56/h8-12,14,20,24,29-31H,2-7,13,15-19,21-23,41H2,1H3,(H,43,51)(H,44,59)(H,45,50)(H,55,56)(H,57,58)/t24?,29-,30-,31?/m0/s1. The fraction of sp³-hybridized carbons (Fsp3) is 0.500. The number of unbranched alkanes of at least 4 members (excludes halogenated alkanes) is 3. The van der Waals surface area contributed by atoms with Crippen LogP contribution in [0.25, 0.3) is 0 Å². The smallest absolute Gasteiger partial charge is 0.326 e. The molecule has 0 saturated carbocycles. The van der Waals surface area contributed by atoms with Crippen molar-refractivity contribution in [1.29, 1.82) is 0 Å².